The minimum atomic E-state index is -4.48. The van der Waals surface area contributed by atoms with Crippen LogP contribution >= 0.6 is 0 Å². The zero-order valence-electron chi connectivity index (χ0n) is 9.84. The van der Waals surface area contributed by atoms with Crippen LogP contribution in [0.2, 0.25) is 0 Å². The molecule has 0 unspecified atom stereocenters. The summed E-state index contributed by atoms with van der Waals surface area (Å²) >= 11 is 0. The molecule has 1 amide bonds. The average molecular weight is 273 g/mol. The number of rotatable bonds is 2. The molecule has 1 aromatic carbocycles. The van der Waals surface area contributed by atoms with Crippen molar-refractivity contribution in [1.29, 1.82) is 0 Å². The zero-order chi connectivity index (χ0) is 14.0. The second-order valence-electron chi connectivity index (χ2n) is 3.75. The molecule has 0 atom stereocenters. The van der Waals surface area contributed by atoms with Crippen molar-refractivity contribution in [1.82, 2.24) is 5.43 Å². The highest BCUT2D eigenvalue weighted by molar-refractivity contribution is 6.04. The predicted molar refractivity (Wildman–Crippen MR) is 62.0 cm³/mol. The summed E-state index contributed by atoms with van der Waals surface area (Å²) in [4.78, 5) is 10.7. The smallest absolute Gasteiger partial charge is 0.428 e. The SMILES string of the molecule is CNc1ccc(C2=NNC(=O)OC2)cc1C(F)(F)F. The van der Waals surface area contributed by atoms with Crippen molar-refractivity contribution >= 4 is 17.5 Å². The third kappa shape index (κ3) is 2.78. The second kappa shape index (κ2) is 4.79. The van der Waals surface area contributed by atoms with E-state index in [4.69, 9.17) is 0 Å². The number of halogens is 3. The van der Waals surface area contributed by atoms with Crippen LogP contribution in [0.5, 0.6) is 0 Å². The highest BCUT2D eigenvalue weighted by Gasteiger charge is 2.34. The van der Waals surface area contributed by atoms with Gasteiger partial charge in [-0.3, -0.25) is 0 Å². The van der Waals surface area contributed by atoms with Gasteiger partial charge in [0.05, 0.1) is 5.56 Å². The van der Waals surface area contributed by atoms with E-state index < -0.39 is 17.8 Å². The molecule has 0 saturated carbocycles. The molecule has 102 valence electrons. The van der Waals surface area contributed by atoms with Gasteiger partial charge in [0.25, 0.3) is 0 Å². The monoisotopic (exact) mass is 273 g/mol. The Morgan fingerprint density at radius 2 is 2.16 bits per heavy atom. The first-order chi connectivity index (χ1) is 8.91. The topological polar surface area (TPSA) is 62.7 Å². The lowest BCUT2D eigenvalue weighted by Gasteiger charge is -2.17. The third-order valence-electron chi connectivity index (χ3n) is 2.55. The molecule has 0 bridgehead atoms. The van der Waals surface area contributed by atoms with Crippen LogP contribution in [0.15, 0.2) is 23.3 Å². The normalized spacial score (nSPS) is 15.4. The molecule has 5 nitrogen and oxygen atoms in total. The van der Waals surface area contributed by atoms with Gasteiger partial charge in [0.1, 0.15) is 12.3 Å². The van der Waals surface area contributed by atoms with Crippen LogP contribution in [0.4, 0.5) is 23.7 Å². The van der Waals surface area contributed by atoms with E-state index in [2.05, 4.69) is 15.2 Å². The van der Waals surface area contributed by atoms with Crippen LogP contribution in [0, 0.1) is 0 Å². The summed E-state index contributed by atoms with van der Waals surface area (Å²) in [5, 5.41) is 6.14. The number of hydrazone groups is 1. The quantitative estimate of drug-likeness (QED) is 0.868. The van der Waals surface area contributed by atoms with Crippen molar-refractivity contribution < 1.29 is 22.7 Å². The lowest BCUT2D eigenvalue weighted by molar-refractivity contribution is -0.136. The van der Waals surface area contributed by atoms with E-state index in [0.717, 1.165) is 6.07 Å². The number of nitrogens with one attached hydrogen (secondary N) is 2. The first-order valence-corrected chi connectivity index (χ1v) is 5.30. The lowest BCUT2D eigenvalue weighted by atomic mass is 10.0. The van der Waals surface area contributed by atoms with Crippen molar-refractivity contribution in [3.05, 3.63) is 29.3 Å². The number of alkyl halides is 3. The first kappa shape index (κ1) is 13.2. The largest absolute Gasteiger partial charge is 0.442 e. The van der Waals surface area contributed by atoms with E-state index in [1.54, 1.807) is 0 Å². The van der Waals surface area contributed by atoms with Gasteiger partial charge in [0, 0.05) is 18.3 Å². The Bertz CT molecular complexity index is 540. The first-order valence-electron chi connectivity index (χ1n) is 5.30. The number of ether oxygens (including phenoxy) is 1. The number of hydrogen-bond donors (Lipinski definition) is 2. The van der Waals surface area contributed by atoms with Crippen LogP contribution < -0.4 is 10.7 Å². The van der Waals surface area contributed by atoms with E-state index in [1.165, 1.54) is 19.2 Å². The Morgan fingerprint density at radius 3 is 2.68 bits per heavy atom. The number of anilines is 1. The van der Waals surface area contributed by atoms with Gasteiger partial charge in [-0.15, -0.1) is 0 Å². The number of carbonyl (C=O) groups excluding carboxylic acids is 1. The van der Waals surface area contributed by atoms with Crippen molar-refractivity contribution in [2.45, 2.75) is 6.18 Å². The highest BCUT2D eigenvalue weighted by atomic mass is 19.4. The van der Waals surface area contributed by atoms with Gasteiger partial charge < -0.3 is 10.1 Å². The molecule has 0 spiro atoms. The van der Waals surface area contributed by atoms with Crippen molar-refractivity contribution in [3.8, 4) is 0 Å². The molecule has 19 heavy (non-hydrogen) atoms. The van der Waals surface area contributed by atoms with Gasteiger partial charge in [-0.2, -0.15) is 18.3 Å². The molecule has 8 heteroatoms. The van der Waals surface area contributed by atoms with Crippen molar-refractivity contribution in [2.75, 3.05) is 19.0 Å². The summed E-state index contributed by atoms with van der Waals surface area (Å²) < 4.78 is 43.2. The molecule has 2 N–H and O–H groups in total. The summed E-state index contributed by atoms with van der Waals surface area (Å²) in [6.45, 7) is -0.165. The van der Waals surface area contributed by atoms with E-state index in [-0.39, 0.29) is 23.6 Å². The number of nitrogens with zero attached hydrogens (tertiary/aromatic N) is 1. The molecule has 0 saturated heterocycles. The Kier molecular flexibility index (Phi) is 3.32. The number of cyclic esters (lactones) is 1. The standard InChI is InChI=1S/C11H10F3N3O2/c1-15-8-3-2-6(4-7(8)11(12,13)14)9-5-19-10(18)17-16-9/h2-4,15H,5H2,1H3,(H,17,18). The number of benzene rings is 1. The van der Waals surface area contributed by atoms with E-state index in [1.807, 2.05) is 5.43 Å². The fraction of sp³-hybridized carbons (Fsp3) is 0.273. The van der Waals surface area contributed by atoms with Crippen molar-refractivity contribution in [3.63, 3.8) is 0 Å². The second-order valence-corrected chi connectivity index (χ2v) is 3.75. The molecule has 1 aliphatic heterocycles. The molecular formula is C11H10F3N3O2. The zero-order valence-corrected chi connectivity index (χ0v) is 9.84. The summed E-state index contributed by atoms with van der Waals surface area (Å²) in [6, 6.07) is 3.74. The third-order valence-corrected chi connectivity index (χ3v) is 2.55. The summed E-state index contributed by atoms with van der Waals surface area (Å²) in [7, 11) is 1.41. The highest BCUT2D eigenvalue weighted by Crippen LogP contribution is 2.35. The molecule has 1 heterocycles. The van der Waals surface area contributed by atoms with Gasteiger partial charge >= 0.3 is 12.3 Å². The minimum Gasteiger partial charge on any atom is -0.442 e. The lowest BCUT2D eigenvalue weighted by Crippen LogP contribution is -2.30. The fourth-order valence-corrected chi connectivity index (χ4v) is 1.64. The van der Waals surface area contributed by atoms with Crippen LogP contribution in [0.25, 0.3) is 0 Å². The number of carbonyl (C=O) groups is 1. The molecule has 0 aliphatic carbocycles. The van der Waals surface area contributed by atoms with Gasteiger partial charge in [-0.25, -0.2) is 10.2 Å². The van der Waals surface area contributed by atoms with Crippen LogP contribution in [-0.2, 0) is 10.9 Å². The van der Waals surface area contributed by atoms with Crippen LogP contribution in [0.1, 0.15) is 11.1 Å². The Morgan fingerprint density at radius 1 is 1.42 bits per heavy atom. The summed E-state index contributed by atoms with van der Waals surface area (Å²) in [6.07, 6.45) is -5.21. The molecule has 0 radical (unpaired) electrons. The van der Waals surface area contributed by atoms with Gasteiger partial charge in [-0.05, 0) is 12.1 Å². The maximum absolute atomic E-state index is 12.9. The number of amides is 1. The Balaban J connectivity index is 2.41. The molecule has 1 aliphatic rings. The molecule has 0 fully saturated rings. The maximum Gasteiger partial charge on any atom is 0.428 e. The van der Waals surface area contributed by atoms with E-state index >= 15 is 0 Å². The summed E-state index contributed by atoms with van der Waals surface area (Å²) in [5.74, 6) is 0. The average Bonchev–Trinajstić information content (AvgIpc) is 2.38. The predicted octanol–water partition coefficient (Wildman–Crippen LogP) is 2.19. The van der Waals surface area contributed by atoms with Crippen molar-refractivity contribution in [2.24, 2.45) is 5.10 Å². The van der Waals surface area contributed by atoms with E-state index in [9.17, 15) is 18.0 Å². The summed E-state index contributed by atoms with van der Waals surface area (Å²) in [5.41, 5.74) is 1.69. The minimum absolute atomic E-state index is 0.0300. The molecular weight excluding hydrogens is 263 g/mol. The number of hydrogen-bond acceptors (Lipinski definition) is 4. The van der Waals surface area contributed by atoms with E-state index in [0.29, 0.717) is 0 Å². The van der Waals surface area contributed by atoms with Crippen LogP contribution in [-0.4, -0.2) is 25.5 Å². The van der Waals surface area contributed by atoms with Crippen LogP contribution in [0.3, 0.4) is 0 Å². The van der Waals surface area contributed by atoms with Gasteiger partial charge in [-0.1, -0.05) is 6.07 Å². The molecule has 0 aromatic heterocycles. The fourth-order valence-electron chi connectivity index (χ4n) is 1.64. The Labute approximate surface area is 106 Å². The Hall–Kier alpha value is -2.25. The van der Waals surface area contributed by atoms with Gasteiger partial charge in [0.15, 0.2) is 0 Å². The molecule has 2 rings (SSSR count). The maximum atomic E-state index is 12.9. The van der Waals surface area contributed by atoms with Gasteiger partial charge in [0.2, 0.25) is 0 Å². The molecule has 1 aromatic rings.